The highest BCUT2D eigenvalue weighted by atomic mass is 19.2. The zero-order valence-electron chi connectivity index (χ0n) is 13.6. The maximum Gasteiger partial charge on any atom is 0.225 e. The second kappa shape index (κ2) is 7.63. The molecule has 2 nitrogen and oxygen atoms in total. The number of aryl methyl sites for hydroxylation is 1. The minimum atomic E-state index is -2.25. The van der Waals surface area contributed by atoms with Gasteiger partial charge in [0, 0.05) is 5.56 Å². The summed E-state index contributed by atoms with van der Waals surface area (Å²) in [7, 11) is 0. The van der Waals surface area contributed by atoms with Gasteiger partial charge in [-0.3, -0.25) is 4.79 Å². The van der Waals surface area contributed by atoms with E-state index >= 15 is 0 Å². The van der Waals surface area contributed by atoms with Gasteiger partial charge >= 0.3 is 0 Å². The average molecular weight is 357 g/mol. The van der Waals surface area contributed by atoms with Crippen molar-refractivity contribution in [3.63, 3.8) is 0 Å². The second-order valence-corrected chi connectivity index (χ2v) is 5.66. The Balaban J connectivity index is 2.21. The minimum Gasteiger partial charge on any atom is -0.349 e. The molecule has 25 heavy (non-hydrogen) atoms. The average Bonchev–Trinajstić information content (AvgIpc) is 2.60. The molecule has 2 aromatic carbocycles. The Hall–Kier alpha value is -2.44. The Labute approximate surface area is 141 Å². The highest BCUT2D eigenvalue weighted by Crippen LogP contribution is 2.24. The maximum absolute atomic E-state index is 13.6. The largest absolute Gasteiger partial charge is 0.349 e. The normalized spacial score (nSPS) is 12.1. The molecule has 2 rings (SSSR count). The number of hydrogen-bond acceptors (Lipinski definition) is 1. The number of carbonyl (C=O) groups excluding carboxylic acids is 1. The molecular formula is C18H16F5NO. The molecule has 1 N–H and O–H groups in total. The van der Waals surface area contributed by atoms with Crippen LogP contribution in [0.4, 0.5) is 22.0 Å². The summed E-state index contributed by atoms with van der Waals surface area (Å²) >= 11 is 0. The number of rotatable bonds is 5. The molecule has 0 saturated heterocycles. The van der Waals surface area contributed by atoms with Crippen LogP contribution < -0.4 is 5.32 Å². The number of hydrogen-bond donors (Lipinski definition) is 1. The van der Waals surface area contributed by atoms with Crippen molar-refractivity contribution in [3.8, 4) is 0 Å². The van der Waals surface area contributed by atoms with Crippen LogP contribution in [0.25, 0.3) is 0 Å². The van der Waals surface area contributed by atoms with E-state index < -0.39 is 53.0 Å². The van der Waals surface area contributed by atoms with Crippen LogP contribution in [0.3, 0.4) is 0 Å². The molecule has 0 fully saturated rings. The van der Waals surface area contributed by atoms with Gasteiger partial charge in [0.2, 0.25) is 11.7 Å². The van der Waals surface area contributed by atoms with E-state index in [0.717, 1.165) is 11.1 Å². The summed E-state index contributed by atoms with van der Waals surface area (Å²) in [5, 5.41) is 2.55. The zero-order valence-corrected chi connectivity index (χ0v) is 13.6. The van der Waals surface area contributed by atoms with Crippen LogP contribution in [0.5, 0.6) is 0 Å². The number of carbonyl (C=O) groups is 1. The predicted molar refractivity (Wildman–Crippen MR) is 82.3 cm³/mol. The van der Waals surface area contributed by atoms with Gasteiger partial charge in [0.25, 0.3) is 0 Å². The van der Waals surface area contributed by atoms with E-state index in [1.54, 1.807) is 19.1 Å². The van der Waals surface area contributed by atoms with E-state index in [-0.39, 0.29) is 0 Å². The Morgan fingerprint density at radius 2 is 1.40 bits per heavy atom. The van der Waals surface area contributed by atoms with Crippen molar-refractivity contribution in [3.05, 3.63) is 70.0 Å². The molecule has 0 aliphatic heterocycles. The molecule has 0 radical (unpaired) electrons. The molecular weight excluding hydrogens is 341 g/mol. The summed E-state index contributed by atoms with van der Waals surface area (Å²) in [6.07, 6.45) is -0.458. The molecule has 1 amide bonds. The predicted octanol–water partition coefficient (Wildman–Crippen LogP) is 4.50. The molecule has 0 saturated carbocycles. The molecule has 0 heterocycles. The van der Waals surface area contributed by atoms with Crippen molar-refractivity contribution in [2.24, 2.45) is 0 Å². The lowest BCUT2D eigenvalue weighted by atomic mass is 10.0. The van der Waals surface area contributed by atoms with Crippen molar-refractivity contribution in [2.75, 3.05) is 0 Å². The Bertz CT molecular complexity index is 760. The Morgan fingerprint density at radius 3 is 1.88 bits per heavy atom. The molecule has 2 aromatic rings. The third-order valence-electron chi connectivity index (χ3n) is 3.86. The highest BCUT2D eigenvalue weighted by molar-refractivity contribution is 5.79. The highest BCUT2D eigenvalue weighted by Gasteiger charge is 2.27. The Morgan fingerprint density at radius 1 is 0.920 bits per heavy atom. The first-order valence-corrected chi connectivity index (χ1v) is 7.62. The summed E-state index contributed by atoms with van der Waals surface area (Å²) in [5.41, 5.74) is 0.651. The van der Waals surface area contributed by atoms with Gasteiger partial charge in [0.1, 0.15) is 0 Å². The lowest BCUT2D eigenvalue weighted by Crippen LogP contribution is -2.30. The van der Waals surface area contributed by atoms with E-state index in [4.69, 9.17) is 0 Å². The SMILES string of the molecule is CCC(NC(=O)Cc1c(F)c(F)c(F)c(F)c1F)c1ccc(C)cc1. The van der Waals surface area contributed by atoms with E-state index in [1.807, 2.05) is 19.1 Å². The smallest absolute Gasteiger partial charge is 0.225 e. The van der Waals surface area contributed by atoms with Gasteiger partial charge in [-0.1, -0.05) is 36.8 Å². The fourth-order valence-corrected chi connectivity index (χ4v) is 2.43. The van der Waals surface area contributed by atoms with Crippen LogP contribution in [-0.2, 0) is 11.2 Å². The molecule has 7 heteroatoms. The lowest BCUT2D eigenvalue weighted by Gasteiger charge is -2.18. The van der Waals surface area contributed by atoms with Crippen molar-refractivity contribution in [1.82, 2.24) is 5.32 Å². The van der Waals surface area contributed by atoms with Crippen LogP contribution in [0.15, 0.2) is 24.3 Å². The summed E-state index contributed by atoms with van der Waals surface area (Å²) in [4.78, 5) is 12.1. The van der Waals surface area contributed by atoms with Crippen LogP contribution in [0.2, 0.25) is 0 Å². The van der Waals surface area contributed by atoms with E-state index in [0.29, 0.717) is 6.42 Å². The van der Waals surface area contributed by atoms with E-state index in [1.165, 1.54) is 0 Å². The van der Waals surface area contributed by atoms with Crippen LogP contribution in [-0.4, -0.2) is 5.91 Å². The third kappa shape index (κ3) is 3.97. The molecule has 0 aromatic heterocycles. The first-order chi connectivity index (χ1) is 11.8. The maximum atomic E-state index is 13.6. The Kier molecular flexibility index (Phi) is 5.77. The van der Waals surface area contributed by atoms with Crippen molar-refractivity contribution in [1.29, 1.82) is 0 Å². The number of amides is 1. The topological polar surface area (TPSA) is 29.1 Å². The molecule has 134 valence electrons. The van der Waals surface area contributed by atoms with Crippen LogP contribution in [0, 0.1) is 36.0 Å². The fourth-order valence-electron chi connectivity index (χ4n) is 2.43. The second-order valence-electron chi connectivity index (χ2n) is 5.66. The van der Waals surface area contributed by atoms with Crippen LogP contribution in [0.1, 0.15) is 36.1 Å². The molecule has 0 spiro atoms. The van der Waals surface area contributed by atoms with E-state index in [9.17, 15) is 26.7 Å². The third-order valence-corrected chi connectivity index (χ3v) is 3.86. The zero-order chi connectivity index (χ0) is 18.7. The number of nitrogens with one attached hydrogen (secondary N) is 1. The summed E-state index contributed by atoms with van der Waals surface area (Å²) < 4.78 is 66.7. The van der Waals surface area contributed by atoms with Gasteiger partial charge in [-0.05, 0) is 18.9 Å². The number of halogens is 5. The van der Waals surface area contributed by atoms with Gasteiger partial charge in [0.15, 0.2) is 23.3 Å². The lowest BCUT2D eigenvalue weighted by molar-refractivity contribution is -0.121. The standard InChI is InChI=1S/C18H16F5NO/c1-3-12(10-6-4-9(2)5-7-10)24-13(25)8-11-14(19)16(21)18(23)17(22)15(11)20/h4-7,12H,3,8H2,1-2H3,(H,24,25). The first-order valence-electron chi connectivity index (χ1n) is 7.62. The summed E-state index contributed by atoms with van der Waals surface area (Å²) in [6, 6.07) is 6.83. The van der Waals surface area contributed by atoms with E-state index in [2.05, 4.69) is 5.32 Å². The first kappa shape index (κ1) is 18.9. The van der Waals surface area contributed by atoms with Gasteiger partial charge in [-0.15, -0.1) is 0 Å². The molecule has 0 bridgehead atoms. The summed E-state index contributed by atoms with van der Waals surface area (Å²) in [5.74, 6) is -11.2. The van der Waals surface area contributed by atoms with Gasteiger partial charge in [0.05, 0.1) is 12.5 Å². The van der Waals surface area contributed by atoms with Gasteiger partial charge in [-0.25, -0.2) is 22.0 Å². The number of benzene rings is 2. The fraction of sp³-hybridized carbons (Fsp3) is 0.278. The van der Waals surface area contributed by atoms with Crippen LogP contribution >= 0.6 is 0 Å². The molecule has 0 aliphatic carbocycles. The minimum absolute atomic E-state index is 0.436. The molecule has 1 unspecified atom stereocenters. The van der Waals surface area contributed by atoms with Gasteiger partial charge < -0.3 is 5.32 Å². The van der Waals surface area contributed by atoms with Crippen molar-refractivity contribution < 1.29 is 26.7 Å². The van der Waals surface area contributed by atoms with Crippen molar-refractivity contribution >= 4 is 5.91 Å². The molecule has 1 atom stereocenters. The monoisotopic (exact) mass is 357 g/mol. The van der Waals surface area contributed by atoms with Crippen molar-refractivity contribution in [2.45, 2.75) is 32.7 Å². The molecule has 0 aliphatic rings. The quantitative estimate of drug-likeness (QED) is 0.476. The summed E-state index contributed by atoms with van der Waals surface area (Å²) in [6.45, 7) is 3.69. The van der Waals surface area contributed by atoms with Gasteiger partial charge in [-0.2, -0.15) is 0 Å².